The fourth-order valence-electron chi connectivity index (χ4n) is 6.76. The summed E-state index contributed by atoms with van der Waals surface area (Å²) in [5.74, 6) is -0.509. The van der Waals surface area contributed by atoms with Crippen LogP contribution < -0.4 is 0 Å². The van der Waals surface area contributed by atoms with Gasteiger partial charge in [0, 0.05) is 19.4 Å². The zero-order chi connectivity index (χ0) is 44.9. The van der Waals surface area contributed by atoms with Crippen molar-refractivity contribution in [2.75, 3.05) is 19.8 Å². The monoisotopic (exact) mass is 861 g/mol. The first-order chi connectivity index (χ1) is 30.6. The summed E-state index contributed by atoms with van der Waals surface area (Å²) in [5, 5.41) is 0. The van der Waals surface area contributed by atoms with Crippen LogP contribution in [0.2, 0.25) is 0 Å². The first kappa shape index (κ1) is 58.8. The fourth-order valence-corrected chi connectivity index (χ4v) is 6.76. The molecule has 0 saturated carbocycles. The first-order valence-electron chi connectivity index (χ1n) is 25.8. The van der Waals surface area contributed by atoms with Gasteiger partial charge in [0.05, 0.1) is 6.61 Å². The van der Waals surface area contributed by atoms with Crippen molar-refractivity contribution in [1.82, 2.24) is 0 Å². The molecule has 0 spiro atoms. The van der Waals surface area contributed by atoms with Crippen molar-refractivity contribution in [2.45, 2.75) is 232 Å². The van der Waals surface area contributed by atoms with Gasteiger partial charge in [-0.25, -0.2) is 0 Å². The lowest BCUT2D eigenvalue weighted by molar-refractivity contribution is -0.162. The quantitative estimate of drug-likeness (QED) is 0.0347. The first-order valence-corrected chi connectivity index (χ1v) is 25.8. The number of esters is 2. The Morgan fingerprint density at radius 2 is 0.758 bits per heavy atom. The molecule has 0 aliphatic heterocycles. The number of rotatable bonds is 46. The molecule has 0 saturated heterocycles. The molecule has 1 unspecified atom stereocenters. The molecule has 5 heteroatoms. The van der Waals surface area contributed by atoms with Gasteiger partial charge in [-0.1, -0.05) is 201 Å². The highest BCUT2D eigenvalue weighted by Crippen LogP contribution is 2.13. The van der Waals surface area contributed by atoms with E-state index in [1.165, 1.54) is 109 Å². The molecule has 0 N–H and O–H groups in total. The molecule has 0 aromatic heterocycles. The standard InChI is InChI=1S/C57H96O5/c1-4-7-10-13-16-19-22-25-27-29-30-33-35-38-41-44-47-50-56(58)61-54-55(62-57(59)51-48-45-42-39-36-32-24-21-18-15-12-9-6-3)53-60-52-49-46-43-40-37-34-31-28-26-23-20-17-14-11-8-5-2/h9,12,16-21,25-28,32,36,42,45,55H,4-8,10-11,13-15,22-24,29-31,33-35,37-41,43-44,46-54H2,1-3H3/b12-9-,19-16-,20-17-,21-18-,27-25-,28-26-,36-32-,45-42-. The molecule has 62 heavy (non-hydrogen) atoms. The fraction of sp³-hybridized carbons (Fsp3) is 0.684. The van der Waals surface area contributed by atoms with Gasteiger partial charge in [0.25, 0.3) is 0 Å². The summed E-state index contributed by atoms with van der Waals surface area (Å²) >= 11 is 0. The van der Waals surface area contributed by atoms with Crippen LogP contribution in [0.15, 0.2) is 97.2 Å². The molecular formula is C57H96O5. The maximum Gasteiger partial charge on any atom is 0.306 e. The summed E-state index contributed by atoms with van der Waals surface area (Å²) in [7, 11) is 0. The van der Waals surface area contributed by atoms with Crippen LogP contribution in [0.25, 0.3) is 0 Å². The van der Waals surface area contributed by atoms with Gasteiger partial charge in [-0.15, -0.1) is 0 Å². The van der Waals surface area contributed by atoms with Gasteiger partial charge in [-0.2, -0.15) is 0 Å². The van der Waals surface area contributed by atoms with Gasteiger partial charge in [-0.3, -0.25) is 9.59 Å². The third kappa shape index (κ3) is 49.5. The molecule has 0 aromatic carbocycles. The van der Waals surface area contributed by atoms with E-state index in [9.17, 15) is 9.59 Å². The Kier molecular flexibility index (Phi) is 49.5. The number of ether oxygens (including phenoxy) is 3. The van der Waals surface area contributed by atoms with Gasteiger partial charge < -0.3 is 14.2 Å². The van der Waals surface area contributed by atoms with Gasteiger partial charge in [0.1, 0.15) is 6.61 Å². The van der Waals surface area contributed by atoms with Crippen molar-refractivity contribution in [3.05, 3.63) is 97.2 Å². The van der Waals surface area contributed by atoms with E-state index in [2.05, 4.69) is 112 Å². The topological polar surface area (TPSA) is 61.8 Å². The third-order valence-corrected chi connectivity index (χ3v) is 10.6. The second kappa shape index (κ2) is 52.2. The van der Waals surface area contributed by atoms with Crippen LogP contribution in [0, 0.1) is 0 Å². The minimum Gasteiger partial charge on any atom is -0.462 e. The summed E-state index contributed by atoms with van der Waals surface area (Å²) in [6.07, 6.45) is 70.0. The molecule has 0 radical (unpaired) electrons. The molecule has 0 aliphatic carbocycles. The average molecular weight is 861 g/mol. The number of unbranched alkanes of at least 4 members (excludes halogenated alkanes) is 19. The number of allylic oxidation sites excluding steroid dienone is 16. The lowest BCUT2D eigenvalue weighted by Gasteiger charge is -2.18. The van der Waals surface area contributed by atoms with E-state index in [4.69, 9.17) is 14.2 Å². The highest BCUT2D eigenvalue weighted by molar-refractivity contribution is 5.70. The van der Waals surface area contributed by atoms with Crippen LogP contribution in [0.5, 0.6) is 0 Å². The van der Waals surface area contributed by atoms with Crippen LogP contribution in [0.4, 0.5) is 0 Å². The molecule has 0 aliphatic rings. The average Bonchev–Trinajstić information content (AvgIpc) is 3.27. The maximum absolute atomic E-state index is 12.7. The number of hydrogen-bond donors (Lipinski definition) is 0. The lowest BCUT2D eigenvalue weighted by atomic mass is 10.1. The van der Waals surface area contributed by atoms with Crippen molar-refractivity contribution >= 4 is 11.9 Å². The predicted octanol–water partition coefficient (Wildman–Crippen LogP) is 17.5. The van der Waals surface area contributed by atoms with Crippen LogP contribution in [0.3, 0.4) is 0 Å². The van der Waals surface area contributed by atoms with Crippen molar-refractivity contribution in [3.8, 4) is 0 Å². The maximum atomic E-state index is 12.7. The molecule has 0 heterocycles. The van der Waals surface area contributed by atoms with Crippen LogP contribution >= 0.6 is 0 Å². The lowest BCUT2D eigenvalue weighted by Crippen LogP contribution is -2.30. The van der Waals surface area contributed by atoms with Gasteiger partial charge >= 0.3 is 11.9 Å². The molecule has 5 nitrogen and oxygen atoms in total. The van der Waals surface area contributed by atoms with Crippen molar-refractivity contribution in [2.24, 2.45) is 0 Å². The van der Waals surface area contributed by atoms with E-state index in [-0.39, 0.29) is 31.6 Å². The Bertz CT molecular complexity index is 1200. The van der Waals surface area contributed by atoms with Gasteiger partial charge in [-0.05, 0) is 109 Å². The van der Waals surface area contributed by atoms with Crippen molar-refractivity contribution < 1.29 is 23.8 Å². The number of carbonyl (C=O) groups is 2. The summed E-state index contributed by atoms with van der Waals surface area (Å²) in [5.41, 5.74) is 0. The Hall–Kier alpha value is -3.18. The van der Waals surface area contributed by atoms with E-state index < -0.39 is 6.10 Å². The second-order valence-electron chi connectivity index (χ2n) is 16.7. The zero-order valence-electron chi connectivity index (χ0n) is 40.6. The molecule has 0 rings (SSSR count). The van der Waals surface area contributed by atoms with E-state index in [0.29, 0.717) is 19.4 Å². The van der Waals surface area contributed by atoms with E-state index in [1.54, 1.807) is 0 Å². The molecular weight excluding hydrogens is 765 g/mol. The SMILES string of the molecule is CC/C=C\C/C=C\C/C=C\C/C=C\CCC(=O)OC(COCCCCCCCC/C=C\C/C=C\CCCCC)COC(=O)CCCCCCCCC/C=C\C/C=C\CCCCC. The predicted molar refractivity (Wildman–Crippen MR) is 270 cm³/mol. The zero-order valence-corrected chi connectivity index (χ0v) is 40.6. The summed E-state index contributed by atoms with van der Waals surface area (Å²) in [4.78, 5) is 25.3. The Labute approximate surface area is 383 Å². The number of hydrogen-bond acceptors (Lipinski definition) is 5. The smallest absolute Gasteiger partial charge is 0.306 e. The Morgan fingerprint density at radius 1 is 0.371 bits per heavy atom. The van der Waals surface area contributed by atoms with Crippen LogP contribution in [-0.4, -0.2) is 37.9 Å². The van der Waals surface area contributed by atoms with Crippen molar-refractivity contribution in [1.29, 1.82) is 0 Å². The molecule has 354 valence electrons. The third-order valence-electron chi connectivity index (χ3n) is 10.6. The van der Waals surface area contributed by atoms with E-state index >= 15 is 0 Å². The van der Waals surface area contributed by atoms with E-state index in [0.717, 1.165) is 77.0 Å². The van der Waals surface area contributed by atoms with E-state index in [1.807, 2.05) is 6.08 Å². The number of carbonyl (C=O) groups excluding carboxylic acids is 2. The summed E-state index contributed by atoms with van der Waals surface area (Å²) in [6.45, 7) is 7.55. The molecule has 0 amide bonds. The Balaban J connectivity index is 4.38. The van der Waals surface area contributed by atoms with Gasteiger partial charge in [0.15, 0.2) is 6.10 Å². The molecule has 1 atom stereocenters. The van der Waals surface area contributed by atoms with Crippen LogP contribution in [-0.2, 0) is 23.8 Å². The summed E-state index contributed by atoms with van der Waals surface area (Å²) in [6, 6.07) is 0. The minimum absolute atomic E-state index is 0.0436. The highest BCUT2D eigenvalue weighted by atomic mass is 16.6. The molecule has 0 fully saturated rings. The second-order valence-corrected chi connectivity index (χ2v) is 16.7. The molecule has 0 aromatic rings. The largest absolute Gasteiger partial charge is 0.462 e. The highest BCUT2D eigenvalue weighted by Gasteiger charge is 2.17. The normalized spacial score (nSPS) is 13.0. The summed E-state index contributed by atoms with van der Waals surface area (Å²) < 4.78 is 17.3. The van der Waals surface area contributed by atoms with Gasteiger partial charge in [0.2, 0.25) is 0 Å². The van der Waals surface area contributed by atoms with Crippen LogP contribution in [0.1, 0.15) is 226 Å². The Morgan fingerprint density at radius 3 is 1.23 bits per heavy atom. The van der Waals surface area contributed by atoms with Crippen molar-refractivity contribution in [3.63, 3.8) is 0 Å². The molecule has 0 bridgehead atoms. The minimum atomic E-state index is -0.588.